The second kappa shape index (κ2) is 57.0. The van der Waals surface area contributed by atoms with Gasteiger partial charge in [-0.2, -0.15) is 0 Å². The van der Waals surface area contributed by atoms with E-state index in [0.29, 0.717) is 0 Å². The zero-order valence-electron chi connectivity index (χ0n) is 18.7. The Bertz CT molecular complexity index is 397. The molecule has 29 heavy (non-hydrogen) atoms. The van der Waals surface area contributed by atoms with E-state index in [1.165, 1.54) is 54.6 Å². The maximum atomic E-state index is 4.17. The SMILES string of the molecule is C=PCC.C=PC[PH](=C)CC.C=PC[PH](=C)CP(=C)(C)C.[W].[W].[W].[Y].[Y].[Y].[Y].[Y]. The van der Waals surface area contributed by atoms with E-state index < -0.39 is 6.89 Å². The fraction of sp³-hybridized carbons (Fsp3) is 0.600. The molecular formula is C15H36P6W3Y5. The van der Waals surface area contributed by atoms with Gasteiger partial charge >= 0.3 is 0 Å². The average molecular weight is 1400 g/mol. The van der Waals surface area contributed by atoms with Gasteiger partial charge in [-0.25, -0.2) is 0 Å². The zero-order chi connectivity index (χ0) is 17.3. The third-order valence-electron chi connectivity index (χ3n) is 2.05. The molecule has 0 fully saturated rings. The molecule has 0 nitrogen and oxygen atoms in total. The Kier molecular flexibility index (Phi) is 140. The van der Waals surface area contributed by atoms with Crippen LogP contribution in [0.5, 0.6) is 0 Å². The summed E-state index contributed by atoms with van der Waals surface area (Å²) < 4.78 is 0. The topological polar surface area (TPSA) is 0 Å². The van der Waals surface area contributed by atoms with Crippen molar-refractivity contribution in [3.63, 3.8) is 0 Å². The van der Waals surface area contributed by atoms with E-state index in [9.17, 15) is 0 Å². The summed E-state index contributed by atoms with van der Waals surface area (Å²) in [5.41, 5.74) is 0. The van der Waals surface area contributed by atoms with Crippen LogP contribution in [0.1, 0.15) is 13.8 Å². The standard InChI is InChI=1S/C7H17P3.C5H12P2.C3H7P.3W.5Y/c1-8-6-9(2)7-10(3,4)5;1-4-7(3)5-6-2;1-3-4-2;;;;;;;;/h9H,1-3,6-7H2,4-5H3;7H,2-5H2,1H3;2-3H2,1H3;;;;;;;;. The monoisotopic (exact) mass is 1400 g/mol. The van der Waals surface area contributed by atoms with Crippen molar-refractivity contribution in [2.45, 2.75) is 13.8 Å². The molecule has 0 aromatic rings. The van der Waals surface area contributed by atoms with Crippen LogP contribution in [0.2, 0.25) is 0 Å². The van der Waals surface area contributed by atoms with E-state index in [-0.39, 0.29) is 242 Å². The van der Waals surface area contributed by atoms with Crippen molar-refractivity contribution in [3.8, 4) is 0 Å². The molecule has 2 atom stereocenters. The predicted octanol–water partition coefficient (Wildman–Crippen LogP) is 5.99. The summed E-state index contributed by atoms with van der Waals surface area (Å²) in [7, 11) is 3.24. The van der Waals surface area contributed by atoms with Crippen LogP contribution in [0.4, 0.5) is 0 Å². The van der Waals surface area contributed by atoms with Crippen molar-refractivity contribution in [2.75, 3.05) is 43.4 Å². The third kappa shape index (κ3) is 85.7. The van der Waals surface area contributed by atoms with Crippen LogP contribution in [0, 0.1) is 0 Å². The molecule has 0 aliphatic rings. The number of rotatable bonds is 8. The van der Waals surface area contributed by atoms with Crippen molar-refractivity contribution in [3.05, 3.63) is 0 Å². The summed E-state index contributed by atoms with van der Waals surface area (Å²) in [5, 5.41) is 0. The van der Waals surface area contributed by atoms with Crippen LogP contribution in [0.3, 0.4) is 0 Å². The van der Waals surface area contributed by atoms with E-state index >= 15 is 0 Å². The van der Waals surface area contributed by atoms with Gasteiger partial charge in [0, 0.05) is 239 Å². The Labute approximate surface area is 359 Å². The van der Waals surface area contributed by atoms with Gasteiger partial charge in [0.25, 0.3) is 0 Å². The first-order chi connectivity index (χ1) is 9.68. The van der Waals surface area contributed by atoms with Crippen LogP contribution in [-0.2, 0) is 227 Å². The van der Waals surface area contributed by atoms with Gasteiger partial charge in [-0.1, -0.05) is 32.7 Å². The molecule has 0 rings (SSSR count). The van der Waals surface area contributed by atoms with Crippen molar-refractivity contribution in [2.24, 2.45) is 0 Å². The molecule has 5 radical (unpaired) electrons. The molecule has 0 aliphatic heterocycles. The molecule has 159 valence electrons. The molecule has 0 amide bonds. The first-order valence-corrected chi connectivity index (χ1v) is 18.1. The molecule has 0 saturated heterocycles. The van der Waals surface area contributed by atoms with Gasteiger partial charge in [0.2, 0.25) is 0 Å². The van der Waals surface area contributed by atoms with E-state index in [2.05, 4.69) is 65.0 Å². The maximum absolute atomic E-state index is 4.17. The van der Waals surface area contributed by atoms with Crippen molar-refractivity contribution in [1.82, 2.24) is 0 Å². The Morgan fingerprint density at radius 2 is 0.966 bits per heavy atom. The van der Waals surface area contributed by atoms with Crippen LogP contribution in [0.25, 0.3) is 0 Å². The summed E-state index contributed by atoms with van der Waals surface area (Å²) >= 11 is 0. The van der Waals surface area contributed by atoms with Crippen molar-refractivity contribution in [1.29, 1.82) is 0 Å². The Balaban J connectivity index is -0.0000000173. The summed E-state index contributed by atoms with van der Waals surface area (Å²) in [6, 6.07) is 0. The third-order valence-corrected chi connectivity index (χ3v) is 14.1. The molecule has 0 bridgehead atoms. The first-order valence-electron chi connectivity index (χ1n) is 6.96. The summed E-state index contributed by atoms with van der Waals surface area (Å²) in [5.74, 6) is 3.78. The Hall–Kier alpha value is 8.99. The fourth-order valence-corrected chi connectivity index (χ4v) is 10.7. The molecule has 14 heteroatoms. The second-order valence-electron chi connectivity index (χ2n) is 5.25. The smallest absolute Gasteiger partial charge is 0.00628 e. The summed E-state index contributed by atoms with van der Waals surface area (Å²) in [6.45, 7) is 8.07. The van der Waals surface area contributed by atoms with Gasteiger partial charge < -0.3 is 0 Å². The Morgan fingerprint density at radius 1 is 0.690 bits per heavy atom. The molecule has 0 spiro atoms. The first kappa shape index (κ1) is 71.4. The quantitative estimate of drug-likeness (QED) is 0.263. The molecule has 0 aliphatic carbocycles. The van der Waals surface area contributed by atoms with Gasteiger partial charge in [0.1, 0.15) is 0 Å². The molecule has 0 aromatic heterocycles. The minimum absolute atomic E-state index is 0. The van der Waals surface area contributed by atoms with Crippen LogP contribution >= 0.6 is 46.6 Å². The number of hydrogen-bond acceptors (Lipinski definition) is 0. The predicted molar refractivity (Wildman–Crippen MR) is 135 cm³/mol. The van der Waals surface area contributed by atoms with Gasteiger partial charge in [-0.05, 0) is 31.6 Å². The van der Waals surface area contributed by atoms with E-state index in [1.807, 2.05) is 0 Å². The maximum Gasteiger partial charge on any atom is 0.00628 e. The van der Waals surface area contributed by atoms with Crippen LogP contribution in [-0.4, -0.2) is 81.2 Å². The van der Waals surface area contributed by atoms with E-state index in [4.69, 9.17) is 0 Å². The van der Waals surface area contributed by atoms with Gasteiger partial charge in [-0.3, -0.25) is 0 Å². The van der Waals surface area contributed by atoms with Gasteiger partial charge in [-0.15, -0.1) is 65.5 Å². The minimum atomic E-state index is -0.801. The zero-order valence-corrected chi connectivity index (χ0v) is 47.2. The molecular weight excluding hydrogens is 1360 g/mol. The van der Waals surface area contributed by atoms with Gasteiger partial charge in [0.15, 0.2) is 0 Å². The molecule has 0 N–H and O–H groups in total. The van der Waals surface area contributed by atoms with Gasteiger partial charge in [0.05, 0.1) is 0 Å². The molecule has 0 heterocycles. The normalized spacial score (nSPS) is 9.93. The summed E-state index contributed by atoms with van der Waals surface area (Å²) in [6.07, 6.45) is 25.9. The van der Waals surface area contributed by atoms with Crippen molar-refractivity contribution >= 4 is 84.4 Å². The minimum Gasteiger partial charge on any atom is -0.117 e. The molecule has 2 unspecified atom stereocenters. The fourth-order valence-electron chi connectivity index (χ4n) is 1.08. The largest absolute Gasteiger partial charge is 0.117 e. The Morgan fingerprint density at radius 3 is 1.10 bits per heavy atom. The number of hydrogen-bond donors (Lipinski definition) is 0. The van der Waals surface area contributed by atoms with Crippen LogP contribution in [0.15, 0.2) is 0 Å². The van der Waals surface area contributed by atoms with Crippen LogP contribution < -0.4 is 0 Å². The van der Waals surface area contributed by atoms with Crippen molar-refractivity contribution < 1.29 is 227 Å². The average Bonchev–Trinajstić information content (AvgIpc) is 2.38. The molecule has 0 aromatic carbocycles. The second-order valence-corrected chi connectivity index (χ2v) is 18.6. The van der Waals surface area contributed by atoms with E-state index in [1.54, 1.807) is 0 Å². The summed E-state index contributed by atoms with van der Waals surface area (Å²) in [4.78, 5) is 0. The molecule has 0 saturated carbocycles. The van der Waals surface area contributed by atoms with E-state index in [0.717, 1.165) is 0 Å².